The molecule has 1 aliphatic carbocycles. The Morgan fingerprint density at radius 2 is 1.97 bits per heavy atom. The van der Waals surface area contributed by atoms with Gasteiger partial charge in [-0.3, -0.25) is 9.59 Å². The summed E-state index contributed by atoms with van der Waals surface area (Å²) in [5.74, 6) is -0.366. The first-order chi connectivity index (χ1) is 15.8. The number of aryl methyl sites for hydroxylation is 2. The Morgan fingerprint density at radius 3 is 2.70 bits per heavy atom. The van der Waals surface area contributed by atoms with Crippen LogP contribution in [0.3, 0.4) is 0 Å². The number of halogens is 1. The van der Waals surface area contributed by atoms with Crippen LogP contribution in [0.4, 0.5) is 0 Å². The molecule has 2 aromatic rings. The van der Waals surface area contributed by atoms with E-state index in [2.05, 4.69) is 16.7 Å². The molecule has 9 heteroatoms. The molecule has 176 valence electrons. The van der Waals surface area contributed by atoms with Gasteiger partial charge in [-0.15, -0.1) is 11.6 Å². The van der Waals surface area contributed by atoms with Crippen LogP contribution in [0.25, 0.3) is 0 Å². The molecular weight excluding hydrogens is 462 g/mol. The number of hydrogen-bond acceptors (Lipinski definition) is 4. The summed E-state index contributed by atoms with van der Waals surface area (Å²) >= 11 is 5.95. The average Bonchev–Trinajstić information content (AvgIpc) is 2.80. The van der Waals surface area contributed by atoms with Crippen LogP contribution in [0.15, 0.2) is 47.4 Å². The van der Waals surface area contributed by atoms with Crippen molar-refractivity contribution in [2.75, 3.05) is 13.1 Å². The molecule has 0 radical (unpaired) electrons. The maximum absolute atomic E-state index is 13.3. The number of alkyl halides is 1. The van der Waals surface area contributed by atoms with E-state index >= 15 is 0 Å². The molecule has 2 N–H and O–H groups in total. The third-order valence-corrected chi connectivity index (χ3v) is 8.53. The lowest BCUT2D eigenvalue weighted by molar-refractivity contribution is -0.132. The minimum absolute atomic E-state index is 0.115. The quantitative estimate of drug-likeness (QED) is 0.610. The Labute approximate surface area is 199 Å². The van der Waals surface area contributed by atoms with Crippen LogP contribution in [-0.2, 0) is 31.9 Å². The smallest absolute Gasteiger partial charge is 0.243 e. The molecule has 2 aliphatic rings. The fraction of sp³-hybridized carbons (Fsp3) is 0.417. The summed E-state index contributed by atoms with van der Waals surface area (Å²) in [6.07, 6.45) is 2.42. The second-order valence-corrected chi connectivity index (χ2v) is 10.8. The van der Waals surface area contributed by atoms with Gasteiger partial charge in [-0.1, -0.05) is 35.9 Å². The molecule has 1 heterocycles. The highest BCUT2D eigenvalue weighted by molar-refractivity contribution is 7.89. The van der Waals surface area contributed by atoms with E-state index in [0.29, 0.717) is 5.88 Å². The first-order valence-electron chi connectivity index (χ1n) is 11.1. The van der Waals surface area contributed by atoms with E-state index in [-0.39, 0.29) is 36.4 Å². The number of carbonyl (C=O) groups is 2. The third-order valence-electron chi connectivity index (χ3n) is 6.30. The van der Waals surface area contributed by atoms with Crippen LogP contribution in [0, 0.1) is 6.92 Å². The third kappa shape index (κ3) is 5.08. The molecule has 4 rings (SSSR count). The summed E-state index contributed by atoms with van der Waals surface area (Å²) in [7, 11) is -3.92. The van der Waals surface area contributed by atoms with E-state index in [1.807, 2.05) is 19.1 Å². The fourth-order valence-corrected chi connectivity index (χ4v) is 6.31. The van der Waals surface area contributed by atoms with E-state index in [0.717, 1.165) is 40.3 Å². The van der Waals surface area contributed by atoms with E-state index in [1.165, 1.54) is 17.7 Å². The number of benzene rings is 2. The number of nitrogens with zero attached hydrogens (tertiary/aromatic N) is 1. The average molecular weight is 490 g/mol. The highest BCUT2D eigenvalue weighted by Gasteiger charge is 2.40. The molecule has 2 unspecified atom stereocenters. The Kier molecular flexibility index (Phi) is 7.07. The summed E-state index contributed by atoms with van der Waals surface area (Å²) in [6.45, 7) is 2.20. The largest absolute Gasteiger partial charge is 0.353 e. The molecule has 2 aromatic carbocycles. The maximum atomic E-state index is 13.3. The van der Waals surface area contributed by atoms with E-state index in [1.54, 1.807) is 12.1 Å². The van der Waals surface area contributed by atoms with Crippen molar-refractivity contribution >= 4 is 33.4 Å². The van der Waals surface area contributed by atoms with Gasteiger partial charge in [-0.25, -0.2) is 8.42 Å². The van der Waals surface area contributed by atoms with Crippen molar-refractivity contribution < 1.29 is 18.0 Å². The van der Waals surface area contributed by atoms with Crippen molar-refractivity contribution in [3.05, 3.63) is 64.7 Å². The summed E-state index contributed by atoms with van der Waals surface area (Å²) in [5, 5.41) is 5.72. The number of amides is 2. The normalized spacial score (nSPS) is 21.2. The molecule has 2 atom stereocenters. The number of hydrogen-bond donors (Lipinski definition) is 2. The van der Waals surface area contributed by atoms with Crippen molar-refractivity contribution in [1.82, 2.24) is 14.9 Å². The number of piperazine rings is 1. The lowest BCUT2D eigenvalue weighted by Gasteiger charge is -2.34. The van der Waals surface area contributed by atoms with Crippen LogP contribution >= 0.6 is 11.6 Å². The topological polar surface area (TPSA) is 95.6 Å². The number of carbonyl (C=O) groups excluding carboxylic acids is 2. The zero-order valence-electron chi connectivity index (χ0n) is 18.5. The molecule has 7 nitrogen and oxygen atoms in total. The highest BCUT2D eigenvalue weighted by Crippen LogP contribution is 2.31. The van der Waals surface area contributed by atoms with Crippen molar-refractivity contribution in [2.45, 2.75) is 55.5 Å². The molecule has 1 aliphatic heterocycles. The van der Waals surface area contributed by atoms with Crippen LogP contribution in [0.2, 0.25) is 0 Å². The number of fused-ring (bicyclic) bond motifs is 1. The second-order valence-electron chi connectivity index (χ2n) is 8.62. The van der Waals surface area contributed by atoms with Gasteiger partial charge in [0.2, 0.25) is 21.8 Å². The molecule has 0 saturated carbocycles. The van der Waals surface area contributed by atoms with Crippen LogP contribution in [0.1, 0.15) is 47.6 Å². The van der Waals surface area contributed by atoms with E-state index in [4.69, 9.17) is 11.6 Å². The number of nitrogens with one attached hydrogen (secondary N) is 2. The van der Waals surface area contributed by atoms with E-state index < -0.39 is 22.0 Å². The zero-order chi connectivity index (χ0) is 23.6. The van der Waals surface area contributed by atoms with Crippen LogP contribution in [-0.4, -0.2) is 43.7 Å². The Bertz CT molecular complexity index is 1150. The number of sulfonamides is 1. The fourth-order valence-electron chi connectivity index (χ4n) is 4.55. The van der Waals surface area contributed by atoms with Crippen molar-refractivity contribution in [1.29, 1.82) is 0 Å². The predicted octanol–water partition coefficient (Wildman–Crippen LogP) is 2.81. The van der Waals surface area contributed by atoms with Gasteiger partial charge >= 0.3 is 0 Å². The molecule has 1 fully saturated rings. The van der Waals surface area contributed by atoms with Gasteiger partial charge in [-0.2, -0.15) is 4.31 Å². The van der Waals surface area contributed by atoms with Crippen molar-refractivity contribution in [3.8, 4) is 0 Å². The van der Waals surface area contributed by atoms with Crippen LogP contribution < -0.4 is 10.6 Å². The Morgan fingerprint density at radius 1 is 1.21 bits per heavy atom. The lowest BCUT2D eigenvalue weighted by Crippen LogP contribution is -2.58. The first-order valence-corrected chi connectivity index (χ1v) is 13.1. The monoisotopic (exact) mass is 489 g/mol. The zero-order valence-corrected chi connectivity index (χ0v) is 20.1. The minimum atomic E-state index is -3.92. The van der Waals surface area contributed by atoms with Crippen LogP contribution in [0.5, 0.6) is 0 Å². The lowest BCUT2D eigenvalue weighted by atomic mass is 9.86. The van der Waals surface area contributed by atoms with Crippen molar-refractivity contribution in [2.24, 2.45) is 0 Å². The Balaban J connectivity index is 1.51. The molecule has 2 amide bonds. The summed E-state index contributed by atoms with van der Waals surface area (Å²) in [5.41, 5.74) is 4.20. The van der Waals surface area contributed by atoms with Gasteiger partial charge in [0.25, 0.3) is 0 Å². The summed E-state index contributed by atoms with van der Waals surface area (Å²) in [4.78, 5) is 25.7. The standard InChI is InChI=1S/C24H28ClN3O4S/c1-16-5-8-19(9-6-16)33(31,32)28-12-11-26-24(30)22(28)14-23(29)27-21-4-2-3-18-13-17(15-25)7-10-20(18)21/h5-10,13,21-22H,2-4,11-12,14-15H2,1H3,(H,26,30)(H,27,29). The van der Waals surface area contributed by atoms with Gasteiger partial charge in [0.1, 0.15) is 6.04 Å². The van der Waals surface area contributed by atoms with Gasteiger partial charge in [0.05, 0.1) is 17.4 Å². The molecule has 33 heavy (non-hydrogen) atoms. The van der Waals surface area contributed by atoms with Gasteiger partial charge in [-0.05, 0) is 55.0 Å². The molecule has 0 spiro atoms. The minimum Gasteiger partial charge on any atom is -0.353 e. The summed E-state index contributed by atoms with van der Waals surface area (Å²) in [6, 6.07) is 11.3. The molecule has 0 aromatic heterocycles. The Hall–Kier alpha value is -2.42. The van der Waals surface area contributed by atoms with Gasteiger partial charge in [0.15, 0.2) is 0 Å². The molecule has 0 bridgehead atoms. The van der Waals surface area contributed by atoms with Gasteiger partial charge < -0.3 is 10.6 Å². The molecule has 1 saturated heterocycles. The number of rotatable bonds is 6. The SMILES string of the molecule is Cc1ccc(S(=O)(=O)N2CCNC(=O)C2CC(=O)NC2CCCc3cc(CCl)ccc32)cc1. The van der Waals surface area contributed by atoms with Gasteiger partial charge in [0, 0.05) is 19.0 Å². The predicted molar refractivity (Wildman–Crippen MR) is 126 cm³/mol. The second kappa shape index (κ2) is 9.83. The summed E-state index contributed by atoms with van der Waals surface area (Å²) < 4.78 is 27.7. The highest BCUT2D eigenvalue weighted by atomic mass is 35.5. The molecular formula is C24H28ClN3O4S. The first kappa shape index (κ1) is 23.7. The maximum Gasteiger partial charge on any atom is 0.243 e. The van der Waals surface area contributed by atoms with Crippen molar-refractivity contribution in [3.63, 3.8) is 0 Å². The van der Waals surface area contributed by atoms with E-state index in [9.17, 15) is 18.0 Å².